The van der Waals surface area contributed by atoms with Gasteiger partial charge in [0, 0.05) is 12.7 Å². The molecule has 0 radical (unpaired) electrons. The number of carbonyl (C=O) groups is 1. The fraction of sp³-hybridized carbons (Fsp3) is 0.467. The van der Waals surface area contributed by atoms with E-state index in [2.05, 4.69) is 25.7 Å². The number of nitrogens with one attached hydrogen (secondary N) is 3. The van der Waals surface area contributed by atoms with E-state index >= 15 is 0 Å². The zero-order valence-corrected chi connectivity index (χ0v) is 12.4. The van der Waals surface area contributed by atoms with Crippen LogP contribution in [0.1, 0.15) is 31.1 Å². The number of aromatic amines is 1. The van der Waals surface area contributed by atoms with E-state index in [1.54, 1.807) is 18.7 Å². The molecule has 3 rings (SSSR count). The lowest BCUT2D eigenvalue weighted by atomic mass is 10.1. The van der Waals surface area contributed by atoms with Crippen molar-refractivity contribution >= 4 is 11.7 Å². The van der Waals surface area contributed by atoms with Crippen molar-refractivity contribution in [2.24, 2.45) is 0 Å². The lowest BCUT2D eigenvalue weighted by Crippen LogP contribution is -2.41. The Hall–Kier alpha value is -2.28. The van der Waals surface area contributed by atoms with Crippen molar-refractivity contribution < 1.29 is 9.21 Å². The molecule has 22 heavy (non-hydrogen) atoms. The number of hydrogen-bond acceptors (Lipinski definition) is 4. The minimum atomic E-state index is -0.241. The van der Waals surface area contributed by atoms with Crippen molar-refractivity contribution in [2.45, 2.75) is 25.3 Å². The average molecular weight is 303 g/mol. The molecule has 1 saturated heterocycles. The number of piperidine rings is 1. The van der Waals surface area contributed by atoms with Crippen LogP contribution in [-0.2, 0) is 0 Å². The van der Waals surface area contributed by atoms with E-state index in [4.69, 9.17) is 4.42 Å². The van der Waals surface area contributed by atoms with Crippen molar-refractivity contribution in [3.05, 3.63) is 36.5 Å². The maximum atomic E-state index is 12.0. The molecule has 2 aromatic rings. The van der Waals surface area contributed by atoms with Crippen LogP contribution in [0, 0.1) is 0 Å². The fourth-order valence-electron chi connectivity index (χ4n) is 2.80. The molecule has 118 valence electrons. The molecule has 0 saturated carbocycles. The lowest BCUT2D eigenvalue weighted by molar-refractivity contribution is 0.144. The summed E-state index contributed by atoms with van der Waals surface area (Å²) >= 11 is 0. The second-order valence-corrected chi connectivity index (χ2v) is 5.45. The molecule has 3 N–H and O–H groups in total. The number of furan rings is 1. The minimum absolute atomic E-state index is 0.0744. The lowest BCUT2D eigenvalue weighted by Gasteiger charge is -2.33. The second-order valence-electron chi connectivity index (χ2n) is 5.45. The molecule has 2 aromatic heterocycles. The van der Waals surface area contributed by atoms with Gasteiger partial charge in [-0.25, -0.2) is 4.79 Å². The van der Waals surface area contributed by atoms with Crippen LogP contribution in [0.5, 0.6) is 0 Å². The van der Waals surface area contributed by atoms with Crippen molar-refractivity contribution in [3.8, 4) is 0 Å². The molecule has 1 atom stereocenters. The van der Waals surface area contributed by atoms with Gasteiger partial charge < -0.3 is 15.1 Å². The molecule has 1 unspecified atom stereocenters. The first-order valence-corrected chi connectivity index (χ1v) is 7.64. The summed E-state index contributed by atoms with van der Waals surface area (Å²) in [5, 5.41) is 12.1. The normalized spacial score (nSPS) is 17.1. The molecule has 7 heteroatoms. The van der Waals surface area contributed by atoms with Gasteiger partial charge in [0.2, 0.25) is 0 Å². The molecular weight excluding hydrogens is 282 g/mol. The van der Waals surface area contributed by atoms with Crippen molar-refractivity contribution in [1.82, 2.24) is 20.4 Å². The number of carbonyl (C=O) groups excluding carboxylic acids is 1. The summed E-state index contributed by atoms with van der Waals surface area (Å²) in [7, 11) is 0. The Labute approximate surface area is 129 Å². The van der Waals surface area contributed by atoms with Gasteiger partial charge in [0.1, 0.15) is 5.76 Å². The first kappa shape index (κ1) is 14.6. The average Bonchev–Trinajstić information content (AvgIpc) is 3.22. The number of likely N-dealkylation sites (tertiary alicyclic amines) is 1. The van der Waals surface area contributed by atoms with Crippen LogP contribution < -0.4 is 10.6 Å². The molecule has 1 aliphatic rings. The van der Waals surface area contributed by atoms with Crippen LogP contribution in [0.4, 0.5) is 10.5 Å². The molecule has 7 nitrogen and oxygen atoms in total. The SMILES string of the molecule is O=C(NCC(c1ccco1)N1CCCCC1)Nc1cn[nH]c1. The molecule has 0 aromatic carbocycles. The Balaban J connectivity index is 1.59. The highest BCUT2D eigenvalue weighted by atomic mass is 16.3. The third-order valence-corrected chi connectivity index (χ3v) is 3.92. The standard InChI is InChI=1S/C15H21N5O2/c21-15(19-12-9-17-18-10-12)16-11-13(14-5-4-8-22-14)20-6-2-1-3-7-20/h4-5,8-10,13H,1-3,6-7,11H2,(H,17,18)(H2,16,19,21). The minimum Gasteiger partial charge on any atom is -0.468 e. The number of rotatable bonds is 5. The number of H-pyrrole nitrogens is 1. The Kier molecular flexibility index (Phi) is 4.75. The van der Waals surface area contributed by atoms with E-state index in [-0.39, 0.29) is 12.1 Å². The summed E-state index contributed by atoms with van der Waals surface area (Å²) in [6.07, 6.45) is 8.53. The number of aromatic nitrogens is 2. The van der Waals surface area contributed by atoms with E-state index < -0.39 is 0 Å². The highest BCUT2D eigenvalue weighted by molar-refractivity contribution is 5.88. The van der Waals surface area contributed by atoms with E-state index in [1.165, 1.54) is 19.3 Å². The zero-order valence-electron chi connectivity index (χ0n) is 12.4. The zero-order chi connectivity index (χ0) is 15.2. The predicted molar refractivity (Wildman–Crippen MR) is 82.5 cm³/mol. The van der Waals surface area contributed by atoms with E-state index in [0.717, 1.165) is 18.8 Å². The van der Waals surface area contributed by atoms with Crippen LogP contribution in [0.3, 0.4) is 0 Å². The molecule has 0 bridgehead atoms. The van der Waals surface area contributed by atoms with Gasteiger partial charge in [0.05, 0.1) is 24.2 Å². The monoisotopic (exact) mass is 303 g/mol. The number of amides is 2. The molecule has 1 fully saturated rings. The smallest absolute Gasteiger partial charge is 0.319 e. The molecule has 2 amide bonds. The van der Waals surface area contributed by atoms with Gasteiger partial charge in [-0.2, -0.15) is 5.10 Å². The number of urea groups is 1. The third-order valence-electron chi connectivity index (χ3n) is 3.92. The number of nitrogens with zero attached hydrogens (tertiary/aromatic N) is 2. The Morgan fingerprint density at radius 1 is 1.41 bits per heavy atom. The second kappa shape index (κ2) is 7.13. The Morgan fingerprint density at radius 3 is 2.95 bits per heavy atom. The third kappa shape index (κ3) is 3.67. The quantitative estimate of drug-likeness (QED) is 0.791. The van der Waals surface area contributed by atoms with Gasteiger partial charge in [-0.3, -0.25) is 10.00 Å². The van der Waals surface area contributed by atoms with E-state index in [0.29, 0.717) is 12.2 Å². The van der Waals surface area contributed by atoms with Gasteiger partial charge >= 0.3 is 6.03 Å². The van der Waals surface area contributed by atoms with Gasteiger partial charge in [0.15, 0.2) is 0 Å². The van der Waals surface area contributed by atoms with Crippen LogP contribution in [0.15, 0.2) is 35.2 Å². The predicted octanol–water partition coefficient (Wildman–Crippen LogP) is 2.35. The van der Waals surface area contributed by atoms with Gasteiger partial charge in [-0.1, -0.05) is 6.42 Å². The summed E-state index contributed by atoms with van der Waals surface area (Å²) in [5.41, 5.74) is 0.644. The Bertz CT molecular complexity index is 561. The summed E-state index contributed by atoms with van der Waals surface area (Å²) in [4.78, 5) is 14.3. The maximum Gasteiger partial charge on any atom is 0.319 e. The molecule has 0 spiro atoms. The van der Waals surface area contributed by atoms with E-state index in [1.807, 2.05) is 12.1 Å². The molecule has 0 aliphatic carbocycles. The number of anilines is 1. The van der Waals surface area contributed by atoms with Crippen LogP contribution >= 0.6 is 0 Å². The molecular formula is C15H21N5O2. The maximum absolute atomic E-state index is 12.0. The van der Waals surface area contributed by atoms with E-state index in [9.17, 15) is 4.79 Å². The largest absolute Gasteiger partial charge is 0.468 e. The summed E-state index contributed by atoms with van der Waals surface area (Å²) in [6.45, 7) is 2.59. The van der Waals surface area contributed by atoms with Gasteiger partial charge in [-0.05, 0) is 38.1 Å². The Morgan fingerprint density at radius 2 is 2.27 bits per heavy atom. The topological polar surface area (TPSA) is 86.2 Å². The van der Waals surface area contributed by atoms with Crippen LogP contribution in [-0.4, -0.2) is 40.8 Å². The number of hydrogen-bond donors (Lipinski definition) is 3. The van der Waals surface area contributed by atoms with Gasteiger partial charge in [-0.15, -0.1) is 0 Å². The van der Waals surface area contributed by atoms with Crippen molar-refractivity contribution in [1.29, 1.82) is 0 Å². The first-order valence-electron chi connectivity index (χ1n) is 7.64. The van der Waals surface area contributed by atoms with Crippen molar-refractivity contribution in [3.63, 3.8) is 0 Å². The van der Waals surface area contributed by atoms with Gasteiger partial charge in [0.25, 0.3) is 0 Å². The highest BCUT2D eigenvalue weighted by Gasteiger charge is 2.24. The summed E-state index contributed by atoms with van der Waals surface area (Å²) in [5.74, 6) is 0.894. The van der Waals surface area contributed by atoms with Crippen LogP contribution in [0.2, 0.25) is 0 Å². The molecule has 3 heterocycles. The first-order chi connectivity index (χ1) is 10.8. The summed E-state index contributed by atoms with van der Waals surface area (Å²) in [6, 6.07) is 3.69. The summed E-state index contributed by atoms with van der Waals surface area (Å²) < 4.78 is 5.56. The molecule has 1 aliphatic heterocycles. The van der Waals surface area contributed by atoms with Crippen molar-refractivity contribution in [2.75, 3.05) is 25.0 Å². The van der Waals surface area contributed by atoms with Crippen LogP contribution in [0.25, 0.3) is 0 Å². The fourth-order valence-corrected chi connectivity index (χ4v) is 2.80. The highest BCUT2D eigenvalue weighted by Crippen LogP contribution is 2.24.